The zero-order valence-electron chi connectivity index (χ0n) is 10.9. The molecule has 0 aliphatic rings. The van der Waals surface area contributed by atoms with Gasteiger partial charge in [0.1, 0.15) is 11.3 Å². The number of nitrogens with zero attached hydrogens (tertiary/aromatic N) is 2. The van der Waals surface area contributed by atoms with E-state index < -0.39 is 17.5 Å². The molecule has 1 heterocycles. The summed E-state index contributed by atoms with van der Waals surface area (Å²) in [5.41, 5.74) is 6.39. The maximum Gasteiger partial charge on any atom is 0.206 e. The van der Waals surface area contributed by atoms with Gasteiger partial charge in [-0.3, -0.25) is 4.57 Å². The van der Waals surface area contributed by atoms with E-state index >= 15 is 0 Å². The monoisotopic (exact) mass is 293 g/mol. The number of anilines is 1. The number of benzene rings is 2. The van der Waals surface area contributed by atoms with Crippen molar-refractivity contribution in [2.24, 2.45) is 0 Å². The maximum absolute atomic E-state index is 14.0. The summed E-state index contributed by atoms with van der Waals surface area (Å²) < 4.78 is 46.8. The molecule has 2 aromatic carbocycles. The van der Waals surface area contributed by atoms with Crippen molar-refractivity contribution in [3.63, 3.8) is 0 Å². The number of nitrogen functional groups attached to an aromatic ring is 1. The molecule has 0 saturated carbocycles. The molecule has 0 aliphatic carbocycles. The zero-order chi connectivity index (χ0) is 15.1. The molecule has 0 saturated heterocycles. The molecule has 21 heavy (non-hydrogen) atoms. The highest BCUT2D eigenvalue weighted by Gasteiger charge is 2.20. The summed E-state index contributed by atoms with van der Waals surface area (Å²) in [5, 5.41) is 0. The lowest BCUT2D eigenvalue weighted by Gasteiger charge is -2.09. The second-order valence-electron chi connectivity index (χ2n) is 4.33. The molecule has 4 nitrogen and oxygen atoms in total. The predicted molar refractivity (Wildman–Crippen MR) is 71.9 cm³/mol. The van der Waals surface area contributed by atoms with Crippen molar-refractivity contribution in [3.8, 4) is 11.4 Å². The molecule has 1 aromatic heterocycles. The highest BCUT2D eigenvalue weighted by atomic mass is 19.2. The molecule has 2 N–H and O–H groups in total. The zero-order valence-corrected chi connectivity index (χ0v) is 10.9. The topological polar surface area (TPSA) is 53.1 Å². The predicted octanol–water partition coefficient (Wildman–Crippen LogP) is 3.03. The first-order valence-corrected chi connectivity index (χ1v) is 5.99. The molecule has 0 unspecified atom stereocenters. The Morgan fingerprint density at radius 3 is 2.57 bits per heavy atom. The Morgan fingerprint density at radius 2 is 1.86 bits per heavy atom. The molecular formula is C14H10F3N3O. The highest BCUT2D eigenvalue weighted by molar-refractivity contribution is 5.86. The summed E-state index contributed by atoms with van der Waals surface area (Å²) in [7, 11) is 1.46. The van der Waals surface area contributed by atoms with Crippen LogP contribution in [0.15, 0.2) is 30.3 Å². The minimum Gasteiger partial charge on any atom is -0.494 e. The molecule has 0 radical (unpaired) electrons. The van der Waals surface area contributed by atoms with Crippen molar-refractivity contribution in [1.29, 1.82) is 0 Å². The van der Waals surface area contributed by atoms with Crippen molar-refractivity contribution in [2.75, 3.05) is 12.8 Å². The third-order valence-corrected chi connectivity index (χ3v) is 3.15. The summed E-state index contributed by atoms with van der Waals surface area (Å²) >= 11 is 0. The van der Waals surface area contributed by atoms with E-state index in [0.29, 0.717) is 16.8 Å². The van der Waals surface area contributed by atoms with E-state index in [2.05, 4.69) is 4.98 Å². The molecule has 0 spiro atoms. The number of rotatable bonds is 2. The lowest BCUT2D eigenvalue weighted by Crippen LogP contribution is -2.05. The van der Waals surface area contributed by atoms with Crippen molar-refractivity contribution < 1.29 is 17.9 Å². The molecule has 3 aromatic rings. The normalized spacial score (nSPS) is 11.0. The Bertz CT molecular complexity index is 845. The summed E-state index contributed by atoms with van der Waals surface area (Å²) in [5.74, 6) is -3.77. The van der Waals surface area contributed by atoms with Crippen LogP contribution in [0.25, 0.3) is 16.7 Å². The van der Waals surface area contributed by atoms with E-state index in [1.807, 2.05) is 0 Å². The quantitative estimate of drug-likeness (QED) is 0.739. The molecular weight excluding hydrogens is 283 g/mol. The van der Waals surface area contributed by atoms with E-state index in [9.17, 15) is 13.2 Å². The van der Waals surface area contributed by atoms with Crippen LogP contribution in [0.3, 0.4) is 0 Å². The number of fused-ring (bicyclic) bond motifs is 1. The SMILES string of the molecule is COc1cccc2c1nc(N)n2-c1ccc(F)c(F)c1F. The van der Waals surface area contributed by atoms with Gasteiger partial charge in [-0.25, -0.2) is 18.2 Å². The summed E-state index contributed by atoms with van der Waals surface area (Å²) in [6, 6.07) is 6.89. The van der Waals surface area contributed by atoms with E-state index in [4.69, 9.17) is 10.5 Å². The highest BCUT2D eigenvalue weighted by Crippen LogP contribution is 2.31. The Balaban J connectivity index is 2.36. The Hall–Kier alpha value is -2.70. The number of nitrogens with two attached hydrogens (primary N) is 1. The van der Waals surface area contributed by atoms with Gasteiger partial charge >= 0.3 is 0 Å². The lowest BCUT2D eigenvalue weighted by molar-refractivity contribution is 0.419. The third kappa shape index (κ3) is 1.89. The van der Waals surface area contributed by atoms with Gasteiger partial charge in [0.15, 0.2) is 17.5 Å². The van der Waals surface area contributed by atoms with Crippen molar-refractivity contribution in [3.05, 3.63) is 47.8 Å². The summed E-state index contributed by atoms with van der Waals surface area (Å²) in [4.78, 5) is 4.09. The molecule has 3 rings (SSSR count). The van der Waals surface area contributed by atoms with Crippen LogP contribution in [0.1, 0.15) is 0 Å². The minimum atomic E-state index is -1.56. The average Bonchev–Trinajstić information content (AvgIpc) is 2.81. The van der Waals surface area contributed by atoms with Crippen LogP contribution in [-0.4, -0.2) is 16.7 Å². The Labute approximate surface area is 117 Å². The van der Waals surface area contributed by atoms with Crippen molar-refractivity contribution in [1.82, 2.24) is 9.55 Å². The van der Waals surface area contributed by atoms with Crippen LogP contribution < -0.4 is 10.5 Å². The maximum atomic E-state index is 14.0. The number of ether oxygens (including phenoxy) is 1. The van der Waals surface area contributed by atoms with Gasteiger partial charge in [-0.2, -0.15) is 0 Å². The van der Waals surface area contributed by atoms with Crippen LogP contribution >= 0.6 is 0 Å². The van der Waals surface area contributed by atoms with Gasteiger partial charge in [0.2, 0.25) is 5.95 Å². The smallest absolute Gasteiger partial charge is 0.206 e. The fourth-order valence-corrected chi connectivity index (χ4v) is 2.20. The molecule has 0 fully saturated rings. The average molecular weight is 293 g/mol. The van der Waals surface area contributed by atoms with Gasteiger partial charge in [-0.15, -0.1) is 0 Å². The van der Waals surface area contributed by atoms with Crippen molar-refractivity contribution >= 4 is 17.0 Å². The van der Waals surface area contributed by atoms with Crippen LogP contribution in [0.5, 0.6) is 5.75 Å². The van der Waals surface area contributed by atoms with Crippen LogP contribution in [-0.2, 0) is 0 Å². The van der Waals surface area contributed by atoms with Gasteiger partial charge in [-0.05, 0) is 24.3 Å². The number of methoxy groups -OCH3 is 1. The molecule has 0 atom stereocenters. The Morgan fingerprint density at radius 1 is 1.10 bits per heavy atom. The molecule has 7 heteroatoms. The first-order chi connectivity index (χ1) is 10.0. The molecule has 0 aliphatic heterocycles. The minimum absolute atomic E-state index is 0.0561. The number of imidazole rings is 1. The van der Waals surface area contributed by atoms with Crippen molar-refractivity contribution in [2.45, 2.75) is 0 Å². The van der Waals surface area contributed by atoms with E-state index in [1.54, 1.807) is 18.2 Å². The number of aromatic nitrogens is 2. The van der Waals surface area contributed by atoms with Gasteiger partial charge in [0, 0.05) is 0 Å². The fraction of sp³-hybridized carbons (Fsp3) is 0.0714. The van der Waals surface area contributed by atoms with E-state index in [-0.39, 0.29) is 11.6 Å². The Kier molecular flexibility index (Phi) is 2.97. The van der Waals surface area contributed by atoms with E-state index in [0.717, 1.165) is 12.1 Å². The van der Waals surface area contributed by atoms with Crippen LogP contribution in [0, 0.1) is 17.5 Å². The second-order valence-corrected chi connectivity index (χ2v) is 4.33. The summed E-state index contributed by atoms with van der Waals surface area (Å²) in [6.45, 7) is 0. The standard InChI is InChI=1S/C14H10F3N3O/c1-21-10-4-2-3-9-13(10)19-14(18)20(9)8-6-5-7(15)11(16)12(8)17/h2-6H,1H3,(H2,18,19). The van der Waals surface area contributed by atoms with Gasteiger partial charge in [0.05, 0.1) is 18.3 Å². The number of hydrogen-bond acceptors (Lipinski definition) is 3. The van der Waals surface area contributed by atoms with Gasteiger partial charge in [-0.1, -0.05) is 6.07 Å². The number of hydrogen-bond donors (Lipinski definition) is 1. The first-order valence-electron chi connectivity index (χ1n) is 5.99. The number of para-hydroxylation sites is 1. The second kappa shape index (κ2) is 4.69. The van der Waals surface area contributed by atoms with Crippen LogP contribution in [0.4, 0.5) is 19.1 Å². The number of halogens is 3. The van der Waals surface area contributed by atoms with Gasteiger partial charge < -0.3 is 10.5 Å². The first kappa shape index (κ1) is 13.3. The summed E-state index contributed by atoms with van der Waals surface area (Å²) in [6.07, 6.45) is 0. The van der Waals surface area contributed by atoms with Gasteiger partial charge in [0.25, 0.3) is 0 Å². The molecule has 108 valence electrons. The largest absolute Gasteiger partial charge is 0.494 e. The fourth-order valence-electron chi connectivity index (χ4n) is 2.20. The molecule has 0 bridgehead atoms. The molecule has 0 amide bonds. The van der Waals surface area contributed by atoms with Crippen LogP contribution in [0.2, 0.25) is 0 Å². The lowest BCUT2D eigenvalue weighted by atomic mass is 10.2. The third-order valence-electron chi connectivity index (χ3n) is 3.15. The van der Waals surface area contributed by atoms with E-state index in [1.165, 1.54) is 11.7 Å².